The molecule has 6 heteroatoms. The van der Waals surface area contributed by atoms with Crippen LogP contribution in [0.15, 0.2) is 78.9 Å². The molecule has 0 aliphatic rings. The molecule has 0 fully saturated rings. The number of hydrogen-bond donors (Lipinski definition) is 2. The van der Waals surface area contributed by atoms with Crippen LogP contribution in [-0.2, 0) is 11.2 Å². The highest BCUT2D eigenvalue weighted by atomic mass is 32.1. The third-order valence-corrected chi connectivity index (χ3v) is 6.50. The van der Waals surface area contributed by atoms with Gasteiger partial charge in [-0.25, -0.2) is 4.98 Å². The molecule has 0 saturated carbocycles. The second-order valence-corrected chi connectivity index (χ2v) is 9.52. The van der Waals surface area contributed by atoms with Crippen LogP contribution in [0.2, 0.25) is 0 Å². The molecule has 0 radical (unpaired) electrons. The molecule has 3 aromatic carbocycles. The Balaban J connectivity index is 1.56. The number of carbonyl (C=O) groups excluding carboxylic acids is 2. The van der Waals surface area contributed by atoms with E-state index in [1.807, 2.05) is 43.3 Å². The number of hydrogen-bond acceptors (Lipinski definition) is 4. The first-order valence-corrected chi connectivity index (χ1v) is 12.0. The van der Waals surface area contributed by atoms with Crippen LogP contribution in [0.3, 0.4) is 0 Å². The number of thiazole rings is 1. The molecule has 172 valence electrons. The highest BCUT2D eigenvalue weighted by Gasteiger charge is 2.24. The van der Waals surface area contributed by atoms with Crippen molar-refractivity contribution in [3.8, 4) is 11.3 Å². The second kappa shape index (κ2) is 10.4. The molecule has 1 heterocycles. The maximum Gasteiger partial charge on any atom is 0.251 e. The fourth-order valence-electron chi connectivity index (χ4n) is 3.77. The number of aromatic nitrogens is 1. The number of rotatable bonds is 7. The van der Waals surface area contributed by atoms with Crippen LogP contribution >= 0.6 is 11.3 Å². The van der Waals surface area contributed by atoms with Gasteiger partial charge in [-0.2, -0.15) is 0 Å². The first-order valence-electron chi connectivity index (χ1n) is 11.2. The van der Waals surface area contributed by atoms with Crippen LogP contribution in [0.1, 0.15) is 31.9 Å². The van der Waals surface area contributed by atoms with Crippen molar-refractivity contribution in [2.45, 2.75) is 33.2 Å². The fourth-order valence-corrected chi connectivity index (χ4v) is 4.60. The average Bonchev–Trinajstić information content (AvgIpc) is 3.20. The Hall–Kier alpha value is -3.77. The van der Waals surface area contributed by atoms with Gasteiger partial charge in [0.15, 0.2) is 5.13 Å². The van der Waals surface area contributed by atoms with Crippen molar-refractivity contribution in [1.29, 1.82) is 0 Å². The van der Waals surface area contributed by atoms with Crippen molar-refractivity contribution in [2.75, 3.05) is 5.32 Å². The van der Waals surface area contributed by atoms with Crippen LogP contribution in [0.5, 0.6) is 0 Å². The Morgan fingerprint density at radius 1 is 0.912 bits per heavy atom. The molecule has 0 saturated heterocycles. The van der Waals surface area contributed by atoms with Gasteiger partial charge < -0.3 is 10.6 Å². The van der Waals surface area contributed by atoms with E-state index in [0.29, 0.717) is 17.1 Å². The smallest absolute Gasteiger partial charge is 0.251 e. The van der Waals surface area contributed by atoms with Crippen molar-refractivity contribution in [1.82, 2.24) is 10.3 Å². The lowest BCUT2D eigenvalue weighted by Crippen LogP contribution is -2.45. The lowest BCUT2D eigenvalue weighted by atomic mass is 10.0. The summed E-state index contributed by atoms with van der Waals surface area (Å²) in [5.74, 6) is -0.586. The lowest BCUT2D eigenvalue weighted by molar-refractivity contribution is -0.118. The summed E-state index contributed by atoms with van der Waals surface area (Å²) in [4.78, 5) is 31.9. The second-order valence-electron chi connectivity index (χ2n) is 8.31. The maximum absolute atomic E-state index is 13.3. The summed E-state index contributed by atoms with van der Waals surface area (Å²) < 4.78 is 0. The van der Waals surface area contributed by atoms with E-state index in [-0.39, 0.29) is 11.8 Å². The van der Waals surface area contributed by atoms with Gasteiger partial charge >= 0.3 is 0 Å². The summed E-state index contributed by atoms with van der Waals surface area (Å²) in [6.07, 6.45) is 0.374. The predicted octanol–water partition coefficient (Wildman–Crippen LogP) is 5.72. The van der Waals surface area contributed by atoms with Crippen LogP contribution in [0, 0.1) is 20.8 Å². The van der Waals surface area contributed by atoms with Crippen LogP contribution < -0.4 is 10.6 Å². The Bertz CT molecular complexity index is 1300. The van der Waals surface area contributed by atoms with Gasteiger partial charge in [0.05, 0.1) is 5.69 Å². The number of anilines is 1. The lowest BCUT2D eigenvalue weighted by Gasteiger charge is -2.18. The van der Waals surface area contributed by atoms with Gasteiger partial charge in [0.25, 0.3) is 5.91 Å². The largest absolute Gasteiger partial charge is 0.340 e. The van der Waals surface area contributed by atoms with E-state index in [1.54, 1.807) is 24.3 Å². The first kappa shape index (κ1) is 23.4. The standard InChI is InChI=1S/C28H27N3O2S/c1-18-14-15-19(2)23(16-18)25-20(3)34-28(30-25)31-27(33)24(17-21-10-6-4-7-11-21)29-26(32)22-12-8-5-9-13-22/h4-16,24H,17H2,1-3H3,(H,29,32)(H,30,31,33). The molecule has 4 rings (SSSR count). The van der Waals surface area contributed by atoms with Gasteiger partial charge in [0.1, 0.15) is 6.04 Å². The molecule has 2 amide bonds. The van der Waals surface area contributed by atoms with Gasteiger partial charge in [0, 0.05) is 22.4 Å². The third kappa shape index (κ3) is 5.58. The normalized spacial score (nSPS) is 11.6. The van der Waals surface area contributed by atoms with Gasteiger partial charge in [-0.1, -0.05) is 66.2 Å². The monoisotopic (exact) mass is 469 g/mol. The minimum Gasteiger partial charge on any atom is -0.340 e. The van der Waals surface area contributed by atoms with Gasteiger partial charge in [0.2, 0.25) is 5.91 Å². The number of nitrogens with one attached hydrogen (secondary N) is 2. The van der Waals surface area contributed by atoms with E-state index >= 15 is 0 Å². The van der Waals surface area contributed by atoms with E-state index in [4.69, 9.17) is 4.98 Å². The molecule has 1 atom stereocenters. The molecular weight excluding hydrogens is 442 g/mol. The molecule has 1 aromatic heterocycles. The average molecular weight is 470 g/mol. The quantitative estimate of drug-likeness (QED) is 0.364. The number of amides is 2. The van der Waals surface area contributed by atoms with E-state index in [2.05, 4.69) is 42.7 Å². The molecule has 0 aliphatic heterocycles. The topological polar surface area (TPSA) is 71.1 Å². The maximum atomic E-state index is 13.3. The molecular formula is C28H27N3O2S. The van der Waals surface area contributed by atoms with Crippen LogP contribution in [-0.4, -0.2) is 22.8 Å². The highest BCUT2D eigenvalue weighted by molar-refractivity contribution is 7.16. The summed E-state index contributed by atoms with van der Waals surface area (Å²) in [7, 11) is 0. The number of aryl methyl sites for hydroxylation is 3. The zero-order valence-electron chi connectivity index (χ0n) is 19.5. The molecule has 0 bridgehead atoms. The summed E-state index contributed by atoms with van der Waals surface area (Å²) in [5.41, 5.74) is 5.69. The van der Waals surface area contributed by atoms with Crippen molar-refractivity contribution < 1.29 is 9.59 Å². The molecule has 0 spiro atoms. The number of nitrogens with zero attached hydrogens (tertiary/aromatic N) is 1. The van der Waals surface area contributed by atoms with Crippen molar-refractivity contribution in [3.05, 3.63) is 106 Å². The SMILES string of the molecule is Cc1ccc(C)c(-c2nc(NC(=O)C(Cc3ccccc3)NC(=O)c3ccccc3)sc2C)c1. The highest BCUT2D eigenvalue weighted by Crippen LogP contribution is 2.33. The van der Waals surface area contributed by atoms with E-state index in [9.17, 15) is 9.59 Å². The van der Waals surface area contributed by atoms with Gasteiger partial charge in [-0.3, -0.25) is 9.59 Å². The summed E-state index contributed by atoms with van der Waals surface area (Å²) in [6, 6.07) is 24.1. The Kier molecular flexibility index (Phi) is 7.18. The van der Waals surface area contributed by atoms with Gasteiger partial charge in [-0.05, 0) is 50.1 Å². The minimum atomic E-state index is -0.747. The molecule has 0 aliphatic carbocycles. The molecule has 34 heavy (non-hydrogen) atoms. The Morgan fingerprint density at radius 3 is 2.29 bits per heavy atom. The third-order valence-electron chi connectivity index (χ3n) is 5.62. The zero-order chi connectivity index (χ0) is 24.1. The number of carbonyl (C=O) groups is 2. The van der Waals surface area contributed by atoms with Crippen LogP contribution in [0.25, 0.3) is 11.3 Å². The van der Waals surface area contributed by atoms with E-state index in [1.165, 1.54) is 11.3 Å². The predicted molar refractivity (Wildman–Crippen MR) is 138 cm³/mol. The zero-order valence-corrected chi connectivity index (χ0v) is 20.3. The number of benzene rings is 3. The Morgan fingerprint density at radius 2 is 1.59 bits per heavy atom. The van der Waals surface area contributed by atoms with E-state index in [0.717, 1.165) is 32.8 Å². The van der Waals surface area contributed by atoms with E-state index < -0.39 is 6.04 Å². The van der Waals surface area contributed by atoms with Crippen molar-refractivity contribution in [2.24, 2.45) is 0 Å². The van der Waals surface area contributed by atoms with Crippen LogP contribution in [0.4, 0.5) is 5.13 Å². The van der Waals surface area contributed by atoms with Crippen molar-refractivity contribution >= 4 is 28.3 Å². The fraction of sp³-hybridized carbons (Fsp3) is 0.179. The Labute approximate surface area is 203 Å². The molecule has 4 aromatic rings. The first-order chi connectivity index (χ1) is 16.4. The minimum absolute atomic E-state index is 0.289. The molecule has 1 unspecified atom stereocenters. The molecule has 2 N–H and O–H groups in total. The summed E-state index contributed by atoms with van der Waals surface area (Å²) >= 11 is 1.44. The summed E-state index contributed by atoms with van der Waals surface area (Å²) in [5, 5.41) is 6.35. The van der Waals surface area contributed by atoms with Crippen molar-refractivity contribution in [3.63, 3.8) is 0 Å². The molecule has 5 nitrogen and oxygen atoms in total. The van der Waals surface area contributed by atoms with Gasteiger partial charge in [-0.15, -0.1) is 11.3 Å². The summed E-state index contributed by atoms with van der Waals surface area (Å²) in [6.45, 7) is 6.11.